The molecule has 4 heterocycles. The van der Waals surface area contributed by atoms with Gasteiger partial charge in [-0.3, -0.25) is 9.69 Å². The van der Waals surface area contributed by atoms with Crippen LogP contribution >= 0.6 is 0 Å². The third kappa shape index (κ3) is 4.02. The largest absolute Gasteiger partial charge is 0.492 e. The molecular formula is C22H27N3O4. The van der Waals surface area contributed by atoms with Crippen LogP contribution in [-0.4, -0.2) is 60.1 Å². The fourth-order valence-electron chi connectivity index (χ4n) is 4.36. The molecule has 1 fully saturated rings. The van der Waals surface area contributed by atoms with Crippen molar-refractivity contribution in [3.05, 3.63) is 47.2 Å². The highest BCUT2D eigenvalue weighted by molar-refractivity contribution is 5.78. The third-order valence-corrected chi connectivity index (χ3v) is 6.06. The van der Waals surface area contributed by atoms with Crippen LogP contribution in [0.3, 0.4) is 0 Å². The van der Waals surface area contributed by atoms with E-state index in [0.717, 1.165) is 74.2 Å². The second-order valence-corrected chi connectivity index (χ2v) is 8.04. The van der Waals surface area contributed by atoms with Crippen LogP contribution in [0.5, 0.6) is 5.75 Å². The Morgan fingerprint density at radius 2 is 1.97 bits per heavy atom. The molecule has 7 heteroatoms. The van der Waals surface area contributed by atoms with Crippen molar-refractivity contribution in [2.45, 2.75) is 38.3 Å². The topological polar surface area (TPSA) is 68.0 Å². The average molecular weight is 397 g/mol. The van der Waals surface area contributed by atoms with Gasteiger partial charge in [0.15, 0.2) is 5.89 Å². The van der Waals surface area contributed by atoms with Crippen LogP contribution in [0, 0.1) is 0 Å². The minimum atomic E-state index is 0.144. The number of nitrogens with zero attached hydrogens (tertiary/aromatic N) is 3. The molecule has 0 radical (unpaired) electrons. The highest BCUT2D eigenvalue weighted by Gasteiger charge is 2.29. The summed E-state index contributed by atoms with van der Waals surface area (Å²) in [6, 6.07) is 8.06. The molecule has 0 atom stereocenters. The van der Waals surface area contributed by atoms with Gasteiger partial charge in [-0.2, -0.15) is 0 Å². The zero-order chi connectivity index (χ0) is 19.6. The molecule has 0 spiro atoms. The van der Waals surface area contributed by atoms with Gasteiger partial charge in [0.05, 0.1) is 13.1 Å². The van der Waals surface area contributed by atoms with Gasteiger partial charge < -0.3 is 18.8 Å². The number of hydrogen-bond donors (Lipinski definition) is 0. The van der Waals surface area contributed by atoms with Crippen molar-refractivity contribution in [2.24, 2.45) is 0 Å². The number of carbonyl (C=O) groups excluding carboxylic acids is 1. The van der Waals surface area contributed by atoms with Gasteiger partial charge >= 0.3 is 0 Å². The van der Waals surface area contributed by atoms with Gasteiger partial charge in [0.2, 0.25) is 5.91 Å². The van der Waals surface area contributed by atoms with Crippen molar-refractivity contribution in [1.29, 1.82) is 0 Å². The molecule has 1 amide bonds. The molecule has 3 aliphatic heterocycles. The van der Waals surface area contributed by atoms with Gasteiger partial charge in [0.25, 0.3) is 0 Å². The highest BCUT2D eigenvalue weighted by Crippen LogP contribution is 2.30. The molecule has 0 unspecified atom stereocenters. The minimum Gasteiger partial charge on any atom is -0.492 e. The molecule has 1 saturated heterocycles. The lowest BCUT2D eigenvalue weighted by molar-refractivity contribution is -0.133. The maximum atomic E-state index is 13.0. The van der Waals surface area contributed by atoms with E-state index in [0.29, 0.717) is 32.2 Å². The molecule has 29 heavy (non-hydrogen) atoms. The standard InChI is InChI=1S/C22H27N3O4/c26-21(15-24-9-12-28-19-4-2-1-3-17(19)13-24)25-8-5-20-18(14-25)23-22(29-20)16-6-10-27-11-7-16/h1-4,16H,5-15H2. The van der Waals surface area contributed by atoms with Gasteiger partial charge in [-0.15, -0.1) is 0 Å². The molecule has 3 aliphatic rings. The van der Waals surface area contributed by atoms with Crippen molar-refractivity contribution >= 4 is 5.91 Å². The molecule has 0 saturated carbocycles. The first-order chi connectivity index (χ1) is 14.3. The molecule has 0 aliphatic carbocycles. The van der Waals surface area contributed by atoms with E-state index in [1.165, 1.54) is 0 Å². The first-order valence-corrected chi connectivity index (χ1v) is 10.5. The third-order valence-electron chi connectivity index (χ3n) is 6.06. The van der Waals surface area contributed by atoms with Crippen molar-refractivity contribution in [3.8, 4) is 5.75 Å². The molecule has 0 N–H and O–H groups in total. The second-order valence-electron chi connectivity index (χ2n) is 8.04. The van der Waals surface area contributed by atoms with E-state index >= 15 is 0 Å². The Morgan fingerprint density at radius 1 is 1.10 bits per heavy atom. The van der Waals surface area contributed by atoms with E-state index in [2.05, 4.69) is 11.0 Å². The zero-order valence-corrected chi connectivity index (χ0v) is 16.6. The molecule has 7 nitrogen and oxygen atoms in total. The van der Waals surface area contributed by atoms with E-state index in [1.807, 2.05) is 23.1 Å². The Labute approximate surface area is 170 Å². The molecule has 1 aromatic carbocycles. The quantitative estimate of drug-likeness (QED) is 0.792. The number of hydrogen-bond acceptors (Lipinski definition) is 6. The fourth-order valence-corrected chi connectivity index (χ4v) is 4.36. The fraction of sp³-hybridized carbons (Fsp3) is 0.545. The van der Waals surface area contributed by atoms with Crippen molar-refractivity contribution in [2.75, 3.05) is 39.5 Å². The number of ether oxygens (including phenoxy) is 2. The number of para-hydroxylation sites is 1. The van der Waals surface area contributed by atoms with Gasteiger partial charge in [0, 0.05) is 50.8 Å². The number of carbonyl (C=O) groups is 1. The lowest BCUT2D eigenvalue weighted by atomic mass is 10.0. The molecule has 2 aromatic rings. The van der Waals surface area contributed by atoms with Crippen LogP contribution < -0.4 is 4.74 Å². The lowest BCUT2D eigenvalue weighted by Gasteiger charge is -2.28. The summed E-state index contributed by atoms with van der Waals surface area (Å²) in [5.74, 6) is 3.19. The Morgan fingerprint density at radius 3 is 2.86 bits per heavy atom. The summed E-state index contributed by atoms with van der Waals surface area (Å²) in [5.41, 5.74) is 2.06. The summed E-state index contributed by atoms with van der Waals surface area (Å²) < 4.78 is 17.3. The SMILES string of the molecule is O=C(CN1CCOc2ccccc2C1)N1CCc2oc(C3CCOCC3)nc2C1. The molecular weight excluding hydrogens is 370 g/mol. The van der Waals surface area contributed by atoms with Crippen molar-refractivity contribution in [1.82, 2.24) is 14.8 Å². The molecule has 1 aromatic heterocycles. The summed E-state index contributed by atoms with van der Waals surface area (Å²) >= 11 is 0. The van der Waals surface area contributed by atoms with Gasteiger partial charge in [-0.05, 0) is 18.9 Å². The zero-order valence-electron chi connectivity index (χ0n) is 16.6. The maximum Gasteiger partial charge on any atom is 0.237 e. The van der Waals surface area contributed by atoms with E-state index < -0.39 is 0 Å². The summed E-state index contributed by atoms with van der Waals surface area (Å²) in [6.45, 7) is 5.26. The van der Waals surface area contributed by atoms with Crippen molar-refractivity contribution < 1.29 is 18.7 Å². The number of fused-ring (bicyclic) bond motifs is 2. The Kier molecular flexibility index (Phi) is 5.24. The molecule has 154 valence electrons. The average Bonchev–Trinajstić information content (AvgIpc) is 3.08. The second kappa shape index (κ2) is 8.16. The monoisotopic (exact) mass is 397 g/mol. The number of aromatic nitrogens is 1. The van der Waals surface area contributed by atoms with Crippen LogP contribution in [0.4, 0.5) is 0 Å². The van der Waals surface area contributed by atoms with E-state index in [1.54, 1.807) is 0 Å². The van der Waals surface area contributed by atoms with Gasteiger partial charge in [0.1, 0.15) is 23.8 Å². The van der Waals surface area contributed by atoms with E-state index in [4.69, 9.17) is 18.9 Å². The lowest BCUT2D eigenvalue weighted by Crippen LogP contribution is -2.43. The predicted octanol–water partition coefficient (Wildman–Crippen LogP) is 2.35. The Bertz CT molecular complexity index is 875. The van der Waals surface area contributed by atoms with Gasteiger partial charge in [-0.1, -0.05) is 18.2 Å². The summed E-state index contributed by atoms with van der Waals surface area (Å²) in [7, 11) is 0. The minimum absolute atomic E-state index is 0.144. The first kappa shape index (κ1) is 18.6. The highest BCUT2D eigenvalue weighted by atomic mass is 16.5. The molecule has 5 rings (SSSR count). The van der Waals surface area contributed by atoms with Crippen molar-refractivity contribution in [3.63, 3.8) is 0 Å². The van der Waals surface area contributed by atoms with Crippen LogP contribution in [0.2, 0.25) is 0 Å². The van der Waals surface area contributed by atoms with Crippen LogP contribution in [0.15, 0.2) is 28.7 Å². The molecule has 0 bridgehead atoms. The van der Waals surface area contributed by atoms with E-state index in [9.17, 15) is 4.79 Å². The van der Waals surface area contributed by atoms with E-state index in [-0.39, 0.29) is 5.91 Å². The van der Waals surface area contributed by atoms with Crippen LogP contribution in [0.25, 0.3) is 0 Å². The van der Waals surface area contributed by atoms with Crippen LogP contribution in [0.1, 0.15) is 41.7 Å². The Balaban J connectivity index is 1.22. The summed E-state index contributed by atoms with van der Waals surface area (Å²) in [6.07, 6.45) is 2.66. The Hall–Kier alpha value is -2.38. The van der Waals surface area contributed by atoms with Crippen LogP contribution in [-0.2, 0) is 29.0 Å². The summed E-state index contributed by atoms with van der Waals surface area (Å²) in [5, 5.41) is 0. The maximum absolute atomic E-state index is 13.0. The van der Waals surface area contributed by atoms with Gasteiger partial charge in [-0.25, -0.2) is 4.98 Å². The number of oxazole rings is 1. The number of rotatable bonds is 3. The number of amides is 1. The summed E-state index contributed by atoms with van der Waals surface area (Å²) in [4.78, 5) is 21.8. The number of benzene rings is 1. The smallest absolute Gasteiger partial charge is 0.237 e. The first-order valence-electron chi connectivity index (χ1n) is 10.5. The normalized spacial score (nSPS) is 20.5. The predicted molar refractivity (Wildman–Crippen MR) is 106 cm³/mol.